The van der Waals surface area contributed by atoms with Gasteiger partial charge in [0.25, 0.3) is 23.5 Å². The van der Waals surface area contributed by atoms with Gasteiger partial charge in [-0.2, -0.15) is 0 Å². The Balaban J connectivity index is 0.000000119. The highest BCUT2D eigenvalue weighted by Crippen LogP contribution is 2.40. The number of nitrogens with zero attached hydrogens (tertiary/aromatic N) is 12. The topological polar surface area (TPSA) is 463 Å². The number of benzene rings is 4. The van der Waals surface area contributed by atoms with Crippen LogP contribution in [0.1, 0.15) is 189 Å². The van der Waals surface area contributed by atoms with Crippen LogP contribution in [0.15, 0.2) is 170 Å². The smallest absolute Gasteiger partial charge is 0.378 e. The third kappa shape index (κ3) is 18.4. The molecule has 0 spiro atoms. The third-order valence-electron chi connectivity index (χ3n) is 21.8. The van der Waals surface area contributed by atoms with Crippen LogP contribution < -0.4 is 40.6 Å². The number of aromatic nitrogens is 16. The van der Waals surface area contributed by atoms with E-state index < -0.39 is 47.9 Å². The maximum Gasteiger partial charge on any atom is 0.378 e. The van der Waals surface area contributed by atoms with Gasteiger partial charge in [0.1, 0.15) is 90.8 Å². The number of nitrogens with two attached hydrogens (primary N) is 1. The molecule has 0 radical (unpaired) electrons. The number of aryl methyl sites for hydroxylation is 4. The Labute approximate surface area is 692 Å². The highest BCUT2D eigenvalue weighted by atomic mass is 35.5. The van der Waals surface area contributed by atoms with Crippen LogP contribution in [0.25, 0.3) is 0 Å². The van der Waals surface area contributed by atoms with Crippen LogP contribution in [0.4, 0.5) is 0 Å². The summed E-state index contributed by atoms with van der Waals surface area (Å²) in [6, 6.07) is 44.3. The number of hydrogen-bond acceptors (Lipinski definition) is 26. The van der Waals surface area contributed by atoms with E-state index >= 15 is 0 Å². The number of aromatic amines is 4. The molecule has 34 heteroatoms. The van der Waals surface area contributed by atoms with Crippen LogP contribution >= 0.6 is 12.4 Å². The molecule has 120 heavy (non-hydrogen) atoms. The molecule has 8 aromatic heterocycles. The Hall–Kier alpha value is -14.0. The molecule has 9 N–H and O–H groups in total. The van der Waals surface area contributed by atoms with Crippen LogP contribution in [0, 0.1) is 0 Å². The third-order valence-corrected chi connectivity index (χ3v) is 21.8. The number of H-pyrrole nitrogens is 4. The Bertz CT molecular complexity index is 5380. The van der Waals surface area contributed by atoms with Crippen molar-refractivity contribution in [2.24, 2.45) is 5.73 Å². The molecule has 12 aromatic rings. The van der Waals surface area contributed by atoms with E-state index in [1.54, 1.807) is 80.2 Å². The fourth-order valence-electron chi connectivity index (χ4n) is 15.7. The minimum absolute atomic E-state index is 0. The molecule has 8 atom stereocenters. The van der Waals surface area contributed by atoms with Crippen molar-refractivity contribution in [3.8, 4) is 23.0 Å². The molecule has 0 fully saturated rings. The van der Waals surface area contributed by atoms with Gasteiger partial charge in [-0.25, -0.2) is 24.7 Å². The van der Waals surface area contributed by atoms with E-state index in [9.17, 15) is 38.4 Å². The quantitative estimate of drug-likeness (QED) is 0.0563. The molecule has 4 aliphatic carbocycles. The Kier molecular flexibility index (Phi) is 25.1. The van der Waals surface area contributed by atoms with E-state index in [-0.39, 0.29) is 135 Å². The van der Waals surface area contributed by atoms with Gasteiger partial charge < -0.3 is 45.4 Å². The van der Waals surface area contributed by atoms with Crippen molar-refractivity contribution < 1.29 is 62.0 Å². The molecular formula is C86H83ClN20O13. The number of carbonyl (C=O) groups is 8. The molecule has 12 heterocycles. The van der Waals surface area contributed by atoms with Gasteiger partial charge in [0.2, 0.25) is 17.5 Å². The van der Waals surface area contributed by atoms with E-state index in [1.165, 1.54) is 44.5 Å². The molecule has 3 amide bonds. The maximum atomic E-state index is 12.6. The van der Waals surface area contributed by atoms with Crippen molar-refractivity contribution in [3.63, 3.8) is 0 Å². The van der Waals surface area contributed by atoms with Gasteiger partial charge in [-0.05, 0) is 151 Å². The largest absolute Gasteiger partial charge is 0.490 e. The molecular weight excluding hydrogens is 1560 g/mol. The Morgan fingerprint density at radius 3 is 0.967 bits per heavy atom. The predicted molar refractivity (Wildman–Crippen MR) is 431 cm³/mol. The monoisotopic (exact) mass is 1640 g/mol. The molecule has 4 aliphatic heterocycles. The van der Waals surface area contributed by atoms with E-state index in [0.717, 1.165) is 57.2 Å². The number of pyridine rings is 4. The number of carbonyl (C=O) groups excluding carboxylic acids is 8. The number of amides is 3. The van der Waals surface area contributed by atoms with Crippen LogP contribution in [0.5, 0.6) is 23.0 Å². The molecule has 8 aliphatic rings. The minimum Gasteiger partial charge on any atom is -0.490 e. The van der Waals surface area contributed by atoms with Crippen molar-refractivity contribution in [1.29, 1.82) is 0 Å². The van der Waals surface area contributed by atoms with Gasteiger partial charge in [0, 0.05) is 48.5 Å². The van der Waals surface area contributed by atoms with Crippen LogP contribution in [-0.4, -0.2) is 185 Å². The number of fused-ring (bicyclic) bond motifs is 8. The number of esters is 1. The summed E-state index contributed by atoms with van der Waals surface area (Å²) < 4.78 is 27.2. The van der Waals surface area contributed by atoms with Gasteiger partial charge in [-0.3, -0.25) is 73.9 Å². The number of halogens is 1. The second kappa shape index (κ2) is 37.1. The zero-order valence-electron chi connectivity index (χ0n) is 65.0. The summed E-state index contributed by atoms with van der Waals surface area (Å²) in [6.45, 7) is 2.49. The fourth-order valence-corrected chi connectivity index (χ4v) is 15.7. The van der Waals surface area contributed by atoms with Crippen LogP contribution in [0.2, 0.25) is 0 Å². The maximum absolute atomic E-state index is 12.6. The van der Waals surface area contributed by atoms with Crippen molar-refractivity contribution in [2.75, 3.05) is 33.0 Å². The zero-order valence-corrected chi connectivity index (χ0v) is 65.8. The summed E-state index contributed by atoms with van der Waals surface area (Å²) in [5.41, 5.74) is 18.1. The first-order valence-electron chi connectivity index (χ1n) is 39.4. The number of ketones is 4. The average Bonchev–Trinajstić information content (AvgIpc) is 1.67. The fraction of sp³-hybridized carbons (Fsp3) is 0.302. The Morgan fingerprint density at radius 2 is 0.658 bits per heavy atom. The lowest BCUT2D eigenvalue weighted by Gasteiger charge is -2.13. The first kappa shape index (κ1) is 81.2. The summed E-state index contributed by atoms with van der Waals surface area (Å²) in [6.07, 6.45) is 14.8. The predicted octanol–water partition coefficient (Wildman–Crippen LogP) is 7.14. The second-order valence-electron chi connectivity index (χ2n) is 29.4. The van der Waals surface area contributed by atoms with E-state index in [4.69, 9.17) is 29.4 Å². The lowest BCUT2D eigenvalue weighted by atomic mass is 10.0. The summed E-state index contributed by atoms with van der Waals surface area (Å²) in [5, 5.41) is 35.8. The molecule has 0 saturated heterocycles. The van der Waals surface area contributed by atoms with E-state index in [1.807, 2.05) is 48.5 Å². The number of rotatable bonds is 12. The highest BCUT2D eigenvalue weighted by molar-refractivity contribution is 5.98. The molecule has 4 aromatic carbocycles. The van der Waals surface area contributed by atoms with Crippen molar-refractivity contribution in [3.05, 3.63) is 284 Å². The summed E-state index contributed by atoms with van der Waals surface area (Å²) in [4.78, 5) is 132. The first-order valence-corrected chi connectivity index (χ1v) is 39.4. The van der Waals surface area contributed by atoms with Crippen molar-refractivity contribution in [2.45, 2.75) is 132 Å². The van der Waals surface area contributed by atoms with Gasteiger partial charge in [0.15, 0.2) is 23.1 Å². The summed E-state index contributed by atoms with van der Waals surface area (Å²) >= 11 is 0. The van der Waals surface area contributed by atoms with Gasteiger partial charge in [-0.1, -0.05) is 97.1 Å². The van der Waals surface area contributed by atoms with E-state index in [0.29, 0.717) is 69.9 Å². The average molecular weight is 1640 g/mol. The SMILES string of the molecule is CCOC(=O)c1n[nH]c(C2CCc3ccccc32)n1.Cl.N[C@H]1COc2cccnc2CC1=O.O=C(N[C@H]1COc2cccnc2CC1=O)c1n[nH]c(C2CCc3ccccc32)n1.O=C(N[C@H]1COc2cccnc2CC1=O)c1n[nH]c([C@@H]2CCc3ccccc32)n1.O=C(N[C@H]1COc2cccnc2CC1=O)c1n[nH]c([C@H]2CCc3ccccc32)n1. The second-order valence-corrected chi connectivity index (χ2v) is 29.4. The number of ether oxygens (including phenoxy) is 5. The zero-order chi connectivity index (χ0) is 81.9. The number of hydrogen-bond donors (Lipinski definition) is 8. The lowest BCUT2D eigenvalue weighted by Crippen LogP contribution is -2.45. The number of Topliss-reactive ketones (excluding diaryl/α,β-unsaturated/α-hetero) is 4. The molecule has 33 nitrogen and oxygen atoms in total. The highest BCUT2D eigenvalue weighted by Gasteiger charge is 2.36. The van der Waals surface area contributed by atoms with Crippen molar-refractivity contribution >= 4 is 59.2 Å². The molecule has 0 saturated carbocycles. The lowest BCUT2D eigenvalue weighted by molar-refractivity contribution is -0.121. The number of nitrogens with one attached hydrogen (secondary N) is 7. The van der Waals surface area contributed by atoms with Crippen molar-refractivity contribution in [1.82, 2.24) is 96.6 Å². The first-order chi connectivity index (χ1) is 58.1. The van der Waals surface area contributed by atoms with Gasteiger partial charge in [-0.15, -0.1) is 32.8 Å². The van der Waals surface area contributed by atoms with Crippen LogP contribution in [0.3, 0.4) is 0 Å². The standard InChI is InChI=1S/3C21H19N5O3.C14H15N3O2.C9H10N2O2.ClH/c3*27-17-10-15-18(6-3-9-22-15)29-11-16(17)23-21(28)20-24-19(25-26-20)14-8-7-12-4-1-2-5-13(12)14;1-2-19-14(18)13-15-12(16-17-13)11-8-7-9-5-3-4-6-10(9)11;10-6-5-13-9-2-1-3-11-7(9)4-8(6)12;/h3*1-6,9,14,16H,7-8,10-11H2,(H,23,28)(H,24,25,26);3-6,11H,2,7-8H2,1H3,(H,15,16,17);1-3,6H,4-5,10H2;1H/t14?,16-;14-,16+;14-,16-;;6-;/m010.0./s1. The van der Waals surface area contributed by atoms with Gasteiger partial charge >= 0.3 is 5.97 Å². The minimum atomic E-state index is -0.772. The normalized spacial score (nSPS) is 19.8. The summed E-state index contributed by atoms with van der Waals surface area (Å²) in [5.74, 6) is 3.34. The molecule has 2 unspecified atom stereocenters. The molecule has 20 rings (SSSR count). The van der Waals surface area contributed by atoms with E-state index in [2.05, 4.69) is 145 Å². The molecule has 0 bridgehead atoms. The molecule has 612 valence electrons. The summed E-state index contributed by atoms with van der Waals surface area (Å²) in [7, 11) is 0. The Morgan fingerprint density at radius 1 is 0.383 bits per heavy atom. The van der Waals surface area contributed by atoms with Crippen LogP contribution in [-0.2, 0) is 75.3 Å². The van der Waals surface area contributed by atoms with Gasteiger partial charge in [0.05, 0.1) is 61.1 Å².